The van der Waals surface area contributed by atoms with E-state index in [1.807, 2.05) is 18.2 Å². The average molecular weight is 185 g/mol. The van der Waals surface area contributed by atoms with E-state index in [1.54, 1.807) is 19.1 Å². The Kier molecular flexibility index (Phi) is 5.71. The van der Waals surface area contributed by atoms with E-state index in [1.165, 1.54) is 6.08 Å². The molecule has 0 atom stereocenters. The van der Waals surface area contributed by atoms with Crippen LogP contribution in [0.2, 0.25) is 0 Å². The summed E-state index contributed by atoms with van der Waals surface area (Å²) in [6.07, 6.45) is 1.43. The number of nitrogens with two attached hydrogens (primary N) is 1. The molecule has 1 aromatic rings. The quantitative estimate of drug-likeness (QED) is 0.425. The van der Waals surface area contributed by atoms with Gasteiger partial charge in [0.2, 0.25) is 0 Å². The minimum atomic E-state index is -0.0457. The van der Waals surface area contributed by atoms with Crippen molar-refractivity contribution in [3.63, 3.8) is 0 Å². The van der Waals surface area contributed by atoms with Crippen LogP contribution in [0.1, 0.15) is 17.3 Å². The van der Waals surface area contributed by atoms with E-state index in [0.29, 0.717) is 11.3 Å². The van der Waals surface area contributed by atoms with Crippen LogP contribution in [0.4, 0.5) is 0 Å². The number of carbonyl (C=O) groups is 1. The molecule has 0 aromatic heterocycles. The van der Waals surface area contributed by atoms with Gasteiger partial charge in [-0.25, -0.2) is 0 Å². The van der Waals surface area contributed by atoms with Crippen molar-refractivity contribution < 1.29 is 4.79 Å². The van der Waals surface area contributed by atoms with Gasteiger partial charge in [-0.2, -0.15) is 0 Å². The van der Waals surface area contributed by atoms with Crippen LogP contribution in [0.15, 0.2) is 42.1 Å². The Labute approximate surface area is 100 Å². The van der Waals surface area contributed by atoms with Gasteiger partial charge in [-0.15, -0.1) is 0 Å². The second-order valence-electron chi connectivity index (χ2n) is 2.62. The fourth-order valence-electron chi connectivity index (χ4n) is 0.893. The summed E-state index contributed by atoms with van der Waals surface area (Å²) >= 11 is 0. The summed E-state index contributed by atoms with van der Waals surface area (Å²) in [6, 6.07) is 9.05. The first kappa shape index (κ1) is 12.4. The normalized spacial score (nSPS) is 10.4. The maximum absolute atomic E-state index is 11.3. The third-order valence-electron chi connectivity index (χ3n) is 1.42. The number of benzene rings is 1. The topological polar surface area (TPSA) is 43.1 Å². The van der Waals surface area contributed by atoms with Crippen LogP contribution in [0.5, 0.6) is 0 Å². The van der Waals surface area contributed by atoms with Gasteiger partial charge in [-0.1, -0.05) is 30.3 Å². The standard InChI is InChI=1S/C10H11NO.Na.H/c1-8(11)7-10(12)9-5-3-2-4-6-9;;/h2-7H,11H2,1H3;;/b8-7+;;. The second kappa shape index (κ2) is 5.97. The predicted molar refractivity (Wildman–Crippen MR) is 55.9 cm³/mol. The molecule has 0 aliphatic rings. The maximum atomic E-state index is 11.3. The molecule has 0 saturated heterocycles. The van der Waals surface area contributed by atoms with E-state index in [9.17, 15) is 4.79 Å². The molecule has 0 heterocycles. The van der Waals surface area contributed by atoms with Gasteiger partial charge in [0.25, 0.3) is 0 Å². The molecule has 0 unspecified atom stereocenters. The molecule has 3 heteroatoms. The Morgan fingerprint density at radius 3 is 2.31 bits per heavy atom. The SMILES string of the molecule is C/C(N)=C\C(=O)c1ccccc1.[NaH]. The summed E-state index contributed by atoms with van der Waals surface area (Å²) in [5.74, 6) is -0.0457. The zero-order valence-electron chi connectivity index (χ0n) is 6.95. The number of carbonyl (C=O) groups excluding carboxylic acids is 1. The van der Waals surface area contributed by atoms with Gasteiger partial charge < -0.3 is 5.73 Å². The van der Waals surface area contributed by atoms with Crippen molar-refractivity contribution in [3.05, 3.63) is 47.7 Å². The first-order chi connectivity index (χ1) is 5.70. The van der Waals surface area contributed by atoms with Crippen molar-refractivity contribution in [1.82, 2.24) is 0 Å². The molecular weight excluding hydrogens is 173 g/mol. The van der Waals surface area contributed by atoms with Crippen molar-refractivity contribution in [2.45, 2.75) is 6.92 Å². The van der Waals surface area contributed by atoms with Gasteiger partial charge >= 0.3 is 29.6 Å². The molecule has 64 valence electrons. The van der Waals surface area contributed by atoms with Crippen molar-refractivity contribution in [3.8, 4) is 0 Å². The summed E-state index contributed by atoms with van der Waals surface area (Å²) in [6.45, 7) is 1.70. The molecule has 0 fully saturated rings. The number of hydrogen-bond donors (Lipinski definition) is 1. The molecule has 0 amide bonds. The molecule has 0 radical (unpaired) electrons. The Hall–Kier alpha value is -0.570. The number of ketones is 1. The van der Waals surface area contributed by atoms with E-state index in [-0.39, 0.29) is 35.3 Å². The molecule has 2 N–H and O–H groups in total. The minimum absolute atomic E-state index is 0. The zero-order valence-corrected chi connectivity index (χ0v) is 6.95. The van der Waals surface area contributed by atoms with Crippen LogP contribution in [0.3, 0.4) is 0 Å². The fourth-order valence-corrected chi connectivity index (χ4v) is 0.893. The van der Waals surface area contributed by atoms with E-state index in [2.05, 4.69) is 0 Å². The fraction of sp³-hybridized carbons (Fsp3) is 0.100. The summed E-state index contributed by atoms with van der Waals surface area (Å²) in [5.41, 5.74) is 6.57. The van der Waals surface area contributed by atoms with Gasteiger partial charge in [-0.05, 0) is 6.92 Å². The molecule has 0 aliphatic carbocycles. The number of allylic oxidation sites excluding steroid dienone is 2. The molecule has 2 nitrogen and oxygen atoms in total. The van der Waals surface area contributed by atoms with Gasteiger partial charge in [0.15, 0.2) is 5.78 Å². The van der Waals surface area contributed by atoms with Gasteiger partial charge in [0.05, 0.1) is 0 Å². The molecule has 1 aromatic carbocycles. The molecule has 0 saturated carbocycles. The summed E-state index contributed by atoms with van der Waals surface area (Å²) in [4.78, 5) is 11.3. The molecule has 0 bridgehead atoms. The molecular formula is C10H12NNaO. The van der Waals surface area contributed by atoms with Crippen molar-refractivity contribution in [2.75, 3.05) is 0 Å². The number of hydrogen-bond acceptors (Lipinski definition) is 2. The average Bonchev–Trinajstić information content (AvgIpc) is 2.05. The Morgan fingerprint density at radius 1 is 1.31 bits per heavy atom. The van der Waals surface area contributed by atoms with Crippen molar-refractivity contribution >= 4 is 35.3 Å². The molecule has 13 heavy (non-hydrogen) atoms. The van der Waals surface area contributed by atoms with Crippen LogP contribution in [0, 0.1) is 0 Å². The van der Waals surface area contributed by atoms with Crippen LogP contribution in [-0.2, 0) is 0 Å². The first-order valence-corrected chi connectivity index (χ1v) is 3.73. The third-order valence-corrected chi connectivity index (χ3v) is 1.42. The van der Waals surface area contributed by atoms with E-state index in [4.69, 9.17) is 5.73 Å². The molecule has 0 aliphatic heterocycles. The van der Waals surface area contributed by atoms with E-state index in [0.717, 1.165) is 0 Å². The van der Waals surface area contributed by atoms with Crippen molar-refractivity contribution in [2.24, 2.45) is 5.73 Å². The molecule has 0 spiro atoms. The number of rotatable bonds is 2. The predicted octanol–water partition coefficient (Wildman–Crippen LogP) is 1.08. The second-order valence-corrected chi connectivity index (χ2v) is 2.62. The molecule has 1 rings (SSSR count). The van der Waals surface area contributed by atoms with Gasteiger partial charge in [0, 0.05) is 17.3 Å². The summed E-state index contributed by atoms with van der Waals surface area (Å²) in [5, 5.41) is 0. The first-order valence-electron chi connectivity index (χ1n) is 3.73. The van der Waals surface area contributed by atoms with Crippen LogP contribution >= 0.6 is 0 Å². The van der Waals surface area contributed by atoms with Crippen molar-refractivity contribution in [1.29, 1.82) is 0 Å². The Morgan fingerprint density at radius 2 is 1.85 bits per heavy atom. The summed E-state index contributed by atoms with van der Waals surface area (Å²) < 4.78 is 0. The van der Waals surface area contributed by atoms with Gasteiger partial charge in [-0.3, -0.25) is 4.79 Å². The Balaban J connectivity index is 0.00000144. The van der Waals surface area contributed by atoms with Crippen LogP contribution in [-0.4, -0.2) is 35.3 Å². The monoisotopic (exact) mass is 185 g/mol. The summed E-state index contributed by atoms with van der Waals surface area (Å²) in [7, 11) is 0. The van der Waals surface area contributed by atoms with E-state index < -0.39 is 0 Å². The van der Waals surface area contributed by atoms with Crippen LogP contribution < -0.4 is 5.73 Å². The van der Waals surface area contributed by atoms with Gasteiger partial charge in [0.1, 0.15) is 0 Å². The zero-order chi connectivity index (χ0) is 8.97. The third kappa shape index (κ3) is 4.27. The van der Waals surface area contributed by atoms with E-state index >= 15 is 0 Å². The Bertz CT molecular complexity index is 302. The van der Waals surface area contributed by atoms with Crippen LogP contribution in [0.25, 0.3) is 0 Å².